The van der Waals surface area contributed by atoms with E-state index < -0.39 is 10.0 Å². The minimum Gasteiger partial charge on any atom is -0.493 e. The first kappa shape index (κ1) is 22.6. The fraction of sp³-hybridized carbons (Fsp3) is 0.318. The molecule has 2 aromatic carbocycles. The number of amides is 1. The van der Waals surface area contributed by atoms with Gasteiger partial charge in [0.05, 0.1) is 11.5 Å². The van der Waals surface area contributed by atoms with Crippen LogP contribution < -0.4 is 10.1 Å². The quantitative estimate of drug-likeness (QED) is 0.602. The molecule has 0 bridgehead atoms. The molecule has 0 aromatic heterocycles. The summed E-state index contributed by atoms with van der Waals surface area (Å²) in [5, 5.41) is 2.80. The summed E-state index contributed by atoms with van der Waals surface area (Å²) in [5.74, 6) is 0.486. The second-order valence-electron chi connectivity index (χ2n) is 6.26. The number of rotatable bonds is 10. The fourth-order valence-corrected chi connectivity index (χ4v) is 4.27. The van der Waals surface area contributed by atoms with Crippen molar-refractivity contribution in [3.05, 3.63) is 65.7 Å². The Hall–Kier alpha value is -2.64. The van der Waals surface area contributed by atoms with Gasteiger partial charge in [-0.3, -0.25) is 4.79 Å². The molecule has 0 saturated heterocycles. The number of carbonyl (C=O) groups is 1. The number of nitrogens with zero attached hydrogens (tertiary/aromatic N) is 1. The molecule has 0 atom stereocenters. The maximum atomic E-state index is 12.5. The highest BCUT2D eigenvalue weighted by molar-refractivity contribution is 7.89. The number of nitrogens with one attached hydrogen (secondary N) is 1. The standard InChI is InChI=1S/C22H28N2O4S/c1-4-24(5-2)29(26,27)20-14-11-18(12-15-20)17-23-22(25)16-13-19-9-7-8-10-21(19)28-6-3/h7-16H,4-6,17H2,1-3H3,(H,23,25)/b16-13+. The first-order valence-electron chi connectivity index (χ1n) is 9.69. The average Bonchev–Trinajstić information content (AvgIpc) is 2.73. The van der Waals surface area contributed by atoms with Gasteiger partial charge in [0, 0.05) is 31.3 Å². The largest absolute Gasteiger partial charge is 0.493 e. The number of para-hydroxylation sites is 1. The van der Waals surface area contributed by atoms with Gasteiger partial charge in [-0.25, -0.2) is 8.42 Å². The Kier molecular flexibility index (Phi) is 8.42. The van der Waals surface area contributed by atoms with Gasteiger partial charge in [0.25, 0.3) is 0 Å². The van der Waals surface area contributed by atoms with Crippen LogP contribution in [-0.2, 0) is 21.4 Å². The van der Waals surface area contributed by atoms with Crippen molar-refractivity contribution in [2.45, 2.75) is 32.2 Å². The molecule has 2 aromatic rings. The van der Waals surface area contributed by atoms with Gasteiger partial charge in [-0.1, -0.05) is 44.2 Å². The summed E-state index contributed by atoms with van der Waals surface area (Å²) in [6, 6.07) is 14.1. The van der Waals surface area contributed by atoms with Crippen LogP contribution in [0.25, 0.3) is 6.08 Å². The predicted molar refractivity (Wildman–Crippen MR) is 115 cm³/mol. The van der Waals surface area contributed by atoms with Crippen LogP contribution in [0.5, 0.6) is 5.75 Å². The van der Waals surface area contributed by atoms with Crippen molar-refractivity contribution in [2.75, 3.05) is 19.7 Å². The highest BCUT2D eigenvalue weighted by Gasteiger charge is 2.21. The lowest BCUT2D eigenvalue weighted by atomic mass is 10.2. The van der Waals surface area contributed by atoms with Crippen molar-refractivity contribution < 1.29 is 17.9 Å². The number of hydrogen-bond donors (Lipinski definition) is 1. The molecule has 0 aliphatic carbocycles. The summed E-state index contributed by atoms with van der Waals surface area (Å²) in [5.41, 5.74) is 1.65. The lowest BCUT2D eigenvalue weighted by molar-refractivity contribution is -0.116. The molecule has 1 N–H and O–H groups in total. The molecule has 0 aliphatic rings. The third-order valence-corrected chi connectivity index (χ3v) is 6.43. The molecule has 0 unspecified atom stereocenters. The van der Waals surface area contributed by atoms with Crippen LogP contribution in [0.15, 0.2) is 59.5 Å². The minimum atomic E-state index is -3.47. The molecule has 7 heteroatoms. The Balaban J connectivity index is 1.97. The van der Waals surface area contributed by atoms with E-state index in [9.17, 15) is 13.2 Å². The lowest BCUT2D eigenvalue weighted by Gasteiger charge is -2.18. The van der Waals surface area contributed by atoms with Gasteiger partial charge in [0.15, 0.2) is 0 Å². The van der Waals surface area contributed by atoms with Crippen molar-refractivity contribution in [1.29, 1.82) is 0 Å². The molecule has 0 radical (unpaired) electrons. The molecular weight excluding hydrogens is 388 g/mol. The van der Waals surface area contributed by atoms with E-state index in [4.69, 9.17) is 4.74 Å². The monoisotopic (exact) mass is 416 g/mol. The average molecular weight is 417 g/mol. The maximum absolute atomic E-state index is 12.5. The Morgan fingerprint density at radius 2 is 1.69 bits per heavy atom. The van der Waals surface area contributed by atoms with E-state index in [1.807, 2.05) is 45.0 Å². The van der Waals surface area contributed by atoms with Crippen molar-refractivity contribution in [2.24, 2.45) is 0 Å². The summed E-state index contributed by atoms with van der Waals surface area (Å²) in [6.45, 7) is 7.24. The number of ether oxygens (including phenoxy) is 1. The molecular formula is C22H28N2O4S. The highest BCUT2D eigenvalue weighted by Crippen LogP contribution is 2.19. The first-order chi connectivity index (χ1) is 13.9. The molecule has 29 heavy (non-hydrogen) atoms. The van der Waals surface area contributed by atoms with E-state index in [2.05, 4.69) is 5.32 Å². The second kappa shape index (κ2) is 10.8. The topological polar surface area (TPSA) is 75.7 Å². The van der Waals surface area contributed by atoms with E-state index in [0.29, 0.717) is 26.2 Å². The smallest absolute Gasteiger partial charge is 0.244 e. The Labute approximate surface area is 173 Å². The van der Waals surface area contributed by atoms with Gasteiger partial charge in [0.2, 0.25) is 15.9 Å². The second-order valence-corrected chi connectivity index (χ2v) is 8.19. The van der Waals surface area contributed by atoms with E-state index in [1.54, 1.807) is 30.3 Å². The Bertz CT molecular complexity index is 934. The van der Waals surface area contributed by atoms with Crippen molar-refractivity contribution in [3.63, 3.8) is 0 Å². The molecule has 0 spiro atoms. The Morgan fingerprint density at radius 1 is 1.03 bits per heavy atom. The third kappa shape index (κ3) is 6.17. The normalized spacial score (nSPS) is 11.7. The van der Waals surface area contributed by atoms with E-state index in [1.165, 1.54) is 10.4 Å². The molecule has 2 rings (SSSR count). The van der Waals surface area contributed by atoms with Crippen LogP contribution in [-0.4, -0.2) is 38.3 Å². The fourth-order valence-electron chi connectivity index (χ4n) is 2.81. The van der Waals surface area contributed by atoms with Crippen LogP contribution in [0.3, 0.4) is 0 Å². The number of benzene rings is 2. The third-order valence-electron chi connectivity index (χ3n) is 4.37. The zero-order valence-electron chi connectivity index (χ0n) is 17.1. The van der Waals surface area contributed by atoms with Gasteiger partial charge in [-0.15, -0.1) is 0 Å². The van der Waals surface area contributed by atoms with E-state index >= 15 is 0 Å². The number of sulfonamides is 1. The zero-order valence-corrected chi connectivity index (χ0v) is 17.9. The molecule has 0 aliphatic heterocycles. The van der Waals surface area contributed by atoms with Crippen LogP contribution in [0, 0.1) is 0 Å². The van der Waals surface area contributed by atoms with Crippen LogP contribution in [0.2, 0.25) is 0 Å². The minimum absolute atomic E-state index is 0.240. The summed E-state index contributed by atoms with van der Waals surface area (Å²) < 4.78 is 32.0. The van der Waals surface area contributed by atoms with Crippen LogP contribution in [0.1, 0.15) is 31.9 Å². The van der Waals surface area contributed by atoms with Crippen LogP contribution >= 0.6 is 0 Å². The molecule has 6 nitrogen and oxygen atoms in total. The van der Waals surface area contributed by atoms with Gasteiger partial charge in [0.1, 0.15) is 5.75 Å². The van der Waals surface area contributed by atoms with Crippen molar-refractivity contribution >= 4 is 22.0 Å². The van der Waals surface area contributed by atoms with Crippen LogP contribution in [0.4, 0.5) is 0 Å². The zero-order chi connectivity index (χ0) is 21.3. The first-order valence-corrected chi connectivity index (χ1v) is 11.1. The highest BCUT2D eigenvalue weighted by atomic mass is 32.2. The summed E-state index contributed by atoms with van der Waals surface area (Å²) in [4.78, 5) is 12.4. The van der Waals surface area contributed by atoms with Crippen molar-refractivity contribution in [1.82, 2.24) is 9.62 Å². The number of carbonyl (C=O) groups excluding carboxylic acids is 1. The van der Waals surface area contributed by atoms with E-state index in [0.717, 1.165) is 16.9 Å². The molecule has 156 valence electrons. The summed E-state index contributed by atoms with van der Waals surface area (Å²) >= 11 is 0. The maximum Gasteiger partial charge on any atom is 0.244 e. The SMILES string of the molecule is CCOc1ccccc1/C=C/C(=O)NCc1ccc(S(=O)(=O)N(CC)CC)cc1. The number of hydrogen-bond acceptors (Lipinski definition) is 4. The van der Waals surface area contributed by atoms with Gasteiger partial charge in [-0.05, 0) is 36.8 Å². The van der Waals surface area contributed by atoms with Crippen molar-refractivity contribution in [3.8, 4) is 5.75 Å². The molecule has 0 fully saturated rings. The molecule has 0 heterocycles. The predicted octanol–water partition coefficient (Wildman–Crippen LogP) is 3.45. The summed E-state index contributed by atoms with van der Waals surface area (Å²) in [6.07, 6.45) is 3.16. The molecule has 0 saturated carbocycles. The van der Waals surface area contributed by atoms with E-state index in [-0.39, 0.29) is 10.8 Å². The van der Waals surface area contributed by atoms with Gasteiger partial charge >= 0.3 is 0 Å². The van der Waals surface area contributed by atoms with Gasteiger partial charge in [-0.2, -0.15) is 4.31 Å². The molecule has 1 amide bonds. The summed E-state index contributed by atoms with van der Waals surface area (Å²) in [7, 11) is -3.47. The van der Waals surface area contributed by atoms with Gasteiger partial charge < -0.3 is 10.1 Å². The lowest BCUT2D eigenvalue weighted by Crippen LogP contribution is -2.30. The Morgan fingerprint density at radius 3 is 2.31 bits per heavy atom.